The van der Waals surface area contributed by atoms with Gasteiger partial charge in [0.15, 0.2) is 0 Å². The van der Waals surface area contributed by atoms with Crippen LogP contribution < -0.4 is 11.1 Å². The number of hydrogen-bond donors (Lipinski definition) is 4. The quantitative estimate of drug-likeness (QED) is 0.436. The third kappa shape index (κ3) is 10.5. The predicted molar refractivity (Wildman–Crippen MR) is 119 cm³/mol. The molecule has 0 bridgehead atoms. The van der Waals surface area contributed by atoms with Crippen molar-refractivity contribution >= 4 is 7.15 Å². The zero-order chi connectivity index (χ0) is 21.5. The van der Waals surface area contributed by atoms with Gasteiger partial charge in [-0.3, -0.25) is 0 Å². The van der Waals surface area contributed by atoms with Gasteiger partial charge in [0.25, 0.3) is 0 Å². The summed E-state index contributed by atoms with van der Waals surface area (Å²) in [5.41, 5.74) is 8.16. The maximum atomic E-state index is 10.3. The van der Waals surface area contributed by atoms with Crippen molar-refractivity contribution in [3.63, 3.8) is 0 Å². The molecule has 4 atom stereocenters. The Bertz CT molecular complexity index is 658. The summed E-state index contributed by atoms with van der Waals surface area (Å²) in [5, 5.41) is 22.3. The number of nitrogens with one attached hydrogen (secondary N) is 1. The Morgan fingerprint density at radius 1 is 0.862 bits per heavy atom. The fourth-order valence-corrected chi connectivity index (χ4v) is 3.02. The Morgan fingerprint density at radius 3 is 1.79 bits per heavy atom. The molecular weight excluding hydrogens is 363 g/mol. The Labute approximate surface area is 175 Å². The molecule has 0 radical (unpaired) electrons. The number of benzene rings is 2. The van der Waals surface area contributed by atoms with Crippen molar-refractivity contribution in [2.24, 2.45) is 5.73 Å². The first-order chi connectivity index (χ1) is 14.0. The van der Waals surface area contributed by atoms with Crippen molar-refractivity contribution in [2.45, 2.75) is 63.8 Å². The summed E-state index contributed by atoms with van der Waals surface area (Å²) in [4.78, 5) is 0. The van der Waals surface area contributed by atoms with Gasteiger partial charge in [-0.1, -0.05) is 37.3 Å². The zero-order valence-electron chi connectivity index (χ0n) is 17.6. The van der Waals surface area contributed by atoms with E-state index in [9.17, 15) is 14.9 Å². The van der Waals surface area contributed by atoms with Crippen molar-refractivity contribution < 1.29 is 14.9 Å². The van der Waals surface area contributed by atoms with Crippen LogP contribution in [0.3, 0.4) is 0 Å². The molecule has 0 amide bonds. The molecule has 0 saturated heterocycles. The van der Waals surface area contributed by atoms with Gasteiger partial charge in [0.05, 0.1) is 6.10 Å². The van der Waals surface area contributed by atoms with Crippen LogP contribution in [-0.2, 0) is 17.5 Å². The van der Waals surface area contributed by atoms with Crippen molar-refractivity contribution in [1.82, 2.24) is 5.32 Å². The summed E-state index contributed by atoms with van der Waals surface area (Å²) < 4.78 is 10.3. The van der Waals surface area contributed by atoms with Gasteiger partial charge in [-0.05, 0) is 18.4 Å². The molecule has 0 fully saturated rings. The van der Waals surface area contributed by atoms with Crippen LogP contribution in [0.5, 0.6) is 0 Å². The van der Waals surface area contributed by atoms with E-state index in [2.05, 4.69) is 5.32 Å². The normalized spacial score (nSPS) is 14.7. The van der Waals surface area contributed by atoms with Crippen LogP contribution in [0, 0.1) is 0 Å². The number of aliphatic hydroxyl groups excluding tert-OH is 2. The first kappa shape index (κ1) is 25.2. The molecule has 0 aliphatic rings. The molecule has 0 aromatic heterocycles. The number of aliphatic hydroxyl groups is 2. The van der Waals surface area contributed by atoms with E-state index in [1.54, 1.807) is 0 Å². The summed E-state index contributed by atoms with van der Waals surface area (Å²) in [6.07, 6.45) is 2.37. The van der Waals surface area contributed by atoms with E-state index in [1.165, 1.54) is 11.1 Å². The average molecular weight is 398 g/mol. The minimum atomic E-state index is -0.417. The third-order valence-electron chi connectivity index (χ3n) is 4.87. The van der Waals surface area contributed by atoms with Crippen molar-refractivity contribution in [1.29, 1.82) is 0 Å². The van der Waals surface area contributed by atoms with Gasteiger partial charge in [-0.15, -0.1) is 0 Å². The van der Waals surface area contributed by atoms with Crippen LogP contribution in [-0.4, -0.2) is 48.1 Å². The van der Waals surface area contributed by atoms with Gasteiger partial charge < -0.3 is 10.8 Å². The van der Waals surface area contributed by atoms with E-state index in [4.69, 9.17) is 5.73 Å². The minimum absolute atomic E-state index is 0.0578. The van der Waals surface area contributed by atoms with Gasteiger partial charge in [-0.25, -0.2) is 0 Å². The predicted octanol–water partition coefficient (Wildman–Crippen LogP) is 2.29. The monoisotopic (exact) mass is 398 g/mol. The Kier molecular flexibility index (Phi) is 13.1. The average Bonchev–Trinajstić information content (AvgIpc) is 2.77. The molecule has 5 nitrogen and oxygen atoms in total. The van der Waals surface area contributed by atoms with E-state index in [0.29, 0.717) is 12.8 Å². The van der Waals surface area contributed by atoms with Crippen LogP contribution in [0.4, 0.5) is 0 Å². The standard InChI is InChI=1S/C12H18BNO2.C11H17NO/c1-2-12(15)11(14-9-13-16)8-10-6-4-3-5-7-10;1-2-11(13)10(12)8-9-6-4-3-5-7-9/h3-7,11-12,14-15H,2,8-9H2,1H3;3-7,10-11,13H,2,8,12H2,1H3/t11-,12?;10-,11?/m00/s1. The molecular formula is C23H35BN2O3. The summed E-state index contributed by atoms with van der Waals surface area (Å²) in [7, 11) is 0.820. The Balaban J connectivity index is 0.000000296. The number of hydrogen-bond acceptors (Lipinski definition) is 5. The van der Waals surface area contributed by atoms with Crippen molar-refractivity contribution in [2.75, 3.05) is 6.44 Å². The van der Waals surface area contributed by atoms with Gasteiger partial charge in [0.1, 0.15) is 0 Å². The van der Waals surface area contributed by atoms with Gasteiger partial charge in [0.2, 0.25) is 0 Å². The maximum absolute atomic E-state index is 10.3. The summed E-state index contributed by atoms with van der Waals surface area (Å²) >= 11 is 0. The SMILES string of the molecule is CCC(O)[C@@H](N)Cc1ccccc1.CCC(O)[C@H](Cc1ccccc1)NCB=O. The zero-order valence-corrected chi connectivity index (χ0v) is 17.6. The molecule has 0 aliphatic heterocycles. The molecule has 5 N–H and O–H groups in total. The second-order valence-corrected chi connectivity index (χ2v) is 7.18. The molecule has 0 spiro atoms. The second kappa shape index (κ2) is 15.0. The molecule has 2 unspecified atom stereocenters. The molecule has 29 heavy (non-hydrogen) atoms. The molecule has 0 aliphatic carbocycles. The van der Waals surface area contributed by atoms with E-state index >= 15 is 0 Å². The third-order valence-corrected chi connectivity index (χ3v) is 4.87. The Hall–Kier alpha value is -1.86. The summed E-state index contributed by atoms with van der Waals surface area (Å²) in [6.45, 7) is 3.88. The van der Waals surface area contributed by atoms with Crippen molar-refractivity contribution in [3.05, 3.63) is 71.8 Å². The Morgan fingerprint density at radius 2 is 1.34 bits per heavy atom. The molecule has 2 aromatic carbocycles. The summed E-state index contributed by atoms with van der Waals surface area (Å²) in [5.74, 6) is 0. The first-order valence-corrected chi connectivity index (χ1v) is 10.4. The fraction of sp³-hybridized carbons (Fsp3) is 0.478. The number of nitrogens with two attached hydrogens (primary N) is 1. The first-order valence-electron chi connectivity index (χ1n) is 10.4. The molecule has 2 rings (SSSR count). The molecule has 2 aromatic rings. The van der Waals surface area contributed by atoms with E-state index in [0.717, 1.165) is 20.0 Å². The second-order valence-electron chi connectivity index (χ2n) is 7.18. The van der Waals surface area contributed by atoms with Crippen LogP contribution in [0.15, 0.2) is 60.7 Å². The molecule has 158 valence electrons. The summed E-state index contributed by atoms with van der Waals surface area (Å²) in [6, 6.07) is 19.8. The fourth-order valence-electron chi connectivity index (χ4n) is 3.02. The molecule has 0 saturated carbocycles. The molecule has 0 heterocycles. The van der Waals surface area contributed by atoms with E-state index in [1.807, 2.05) is 74.5 Å². The van der Waals surface area contributed by atoms with E-state index < -0.39 is 6.10 Å². The molecule has 6 heteroatoms. The van der Waals surface area contributed by atoms with Gasteiger partial charge in [0, 0.05) is 6.04 Å². The van der Waals surface area contributed by atoms with Crippen LogP contribution in [0.1, 0.15) is 37.8 Å². The van der Waals surface area contributed by atoms with Crippen LogP contribution >= 0.6 is 0 Å². The topological polar surface area (TPSA) is 95.6 Å². The van der Waals surface area contributed by atoms with Gasteiger partial charge in [-0.2, -0.15) is 0 Å². The van der Waals surface area contributed by atoms with Crippen LogP contribution in [0.2, 0.25) is 0 Å². The van der Waals surface area contributed by atoms with E-state index in [-0.39, 0.29) is 24.6 Å². The number of rotatable bonds is 11. The van der Waals surface area contributed by atoms with Crippen molar-refractivity contribution in [3.8, 4) is 0 Å². The van der Waals surface area contributed by atoms with Gasteiger partial charge >= 0.3 is 96.5 Å². The van der Waals surface area contributed by atoms with Crippen LogP contribution in [0.25, 0.3) is 0 Å².